The topological polar surface area (TPSA) is 133 Å². The molecular weight excluding hydrogens is 454 g/mol. The Bertz CT molecular complexity index is 949. The number of ether oxygens (including phenoxy) is 2. The number of hydrogen-bond acceptors (Lipinski definition) is 8. The van der Waals surface area contributed by atoms with Crippen LogP contribution in [0.5, 0.6) is 5.75 Å². The van der Waals surface area contributed by atoms with Crippen LogP contribution in [0.25, 0.3) is 0 Å². The van der Waals surface area contributed by atoms with Crippen LogP contribution in [0.1, 0.15) is 62.5 Å². The highest BCUT2D eigenvalue weighted by atomic mass is 31.2. The second-order valence-electron chi connectivity index (χ2n) is 9.23. The van der Waals surface area contributed by atoms with Crippen LogP contribution in [0.15, 0.2) is 18.2 Å². The van der Waals surface area contributed by atoms with Crippen molar-refractivity contribution in [2.45, 2.75) is 63.2 Å². The van der Waals surface area contributed by atoms with Gasteiger partial charge in [0.2, 0.25) is 0 Å². The van der Waals surface area contributed by atoms with E-state index >= 15 is 0 Å². The van der Waals surface area contributed by atoms with Crippen LogP contribution in [0, 0.1) is 17.3 Å². The standard InChI is InChI=1S/C22H26O8P2/c1-22-10-8-16-15-5-3-14(30-21(24)29-11-9-20(31(25)26)32(27)28)12-13(15)2-4-17(16)18(22)6-7-19(22)23/h3,5,12,16-18,20H,2,4,6-11H2,1H3/t16?,17-,18?,22+/m1/s1. The lowest BCUT2D eigenvalue weighted by Crippen LogP contribution is -2.42. The molecule has 0 heterocycles. The number of aryl methyl sites for hydroxylation is 1. The number of fused-ring (bicyclic) bond motifs is 5. The molecule has 0 aliphatic heterocycles. The van der Waals surface area contributed by atoms with Crippen LogP contribution < -0.4 is 14.5 Å². The van der Waals surface area contributed by atoms with Crippen molar-refractivity contribution in [1.29, 1.82) is 0 Å². The predicted molar refractivity (Wildman–Crippen MR) is 112 cm³/mol. The number of carbonyl (C=O) groups is 2. The van der Waals surface area contributed by atoms with E-state index in [-0.39, 0.29) is 18.4 Å². The summed E-state index contributed by atoms with van der Waals surface area (Å²) < 4.78 is 31.9. The Morgan fingerprint density at radius 2 is 1.94 bits per heavy atom. The number of hydrogen-bond donors (Lipinski definition) is 0. The summed E-state index contributed by atoms with van der Waals surface area (Å²) in [6, 6.07) is 5.56. The van der Waals surface area contributed by atoms with Crippen molar-refractivity contribution in [2.24, 2.45) is 17.3 Å². The van der Waals surface area contributed by atoms with E-state index in [2.05, 4.69) is 6.92 Å². The highest BCUT2D eigenvalue weighted by Gasteiger charge is 2.54. The van der Waals surface area contributed by atoms with Gasteiger partial charge < -0.3 is 19.3 Å². The van der Waals surface area contributed by atoms with Crippen LogP contribution >= 0.6 is 16.1 Å². The maximum atomic E-state index is 12.5. The second-order valence-corrected chi connectivity index (χ2v) is 12.0. The van der Waals surface area contributed by atoms with Gasteiger partial charge in [-0.05, 0) is 73.1 Å². The third-order valence-corrected chi connectivity index (χ3v) is 10.3. The van der Waals surface area contributed by atoms with Crippen LogP contribution in [0.3, 0.4) is 0 Å². The van der Waals surface area contributed by atoms with Crippen molar-refractivity contribution in [3.05, 3.63) is 29.3 Å². The molecule has 3 aliphatic rings. The third-order valence-electron chi connectivity index (χ3n) is 7.69. The Morgan fingerprint density at radius 1 is 1.19 bits per heavy atom. The van der Waals surface area contributed by atoms with E-state index in [1.54, 1.807) is 6.07 Å². The van der Waals surface area contributed by atoms with Gasteiger partial charge in [0.25, 0.3) is 0 Å². The smallest absolute Gasteiger partial charge is 0.513 e. The SMILES string of the molecule is C[C@]12CCC3c4ccc(OC(=O)OCCC([P+](=O)[O-])[P+](=O)[O-])cc4CC[C@H]3C1CCC2=O. The minimum absolute atomic E-state index is 0.163. The van der Waals surface area contributed by atoms with Crippen molar-refractivity contribution in [3.63, 3.8) is 0 Å². The highest BCUT2D eigenvalue weighted by molar-refractivity contribution is 7.56. The van der Waals surface area contributed by atoms with E-state index in [1.165, 1.54) is 5.56 Å². The molecule has 4 rings (SSSR count). The van der Waals surface area contributed by atoms with Crippen molar-refractivity contribution in [1.82, 2.24) is 0 Å². The summed E-state index contributed by atoms with van der Waals surface area (Å²) in [5.41, 5.74) is 2.24. The van der Waals surface area contributed by atoms with Gasteiger partial charge >= 0.3 is 27.6 Å². The fraction of sp³-hybridized carbons (Fsp3) is 0.636. The molecule has 0 aromatic heterocycles. The molecule has 1 aromatic rings. The fourth-order valence-corrected chi connectivity index (χ4v) is 7.30. The first-order valence-electron chi connectivity index (χ1n) is 11.0. The maximum Gasteiger partial charge on any atom is 0.513 e. The van der Waals surface area contributed by atoms with Crippen LogP contribution in [0.2, 0.25) is 0 Å². The summed E-state index contributed by atoms with van der Waals surface area (Å²) >= 11 is 0. The predicted octanol–water partition coefficient (Wildman–Crippen LogP) is 3.55. The zero-order chi connectivity index (χ0) is 23.0. The van der Waals surface area contributed by atoms with Crippen LogP contribution in [-0.2, 0) is 25.1 Å². The van der Waals surface area contributed by atoms with E-state index in [0.29, 0.717) is 35.7 Å². The second kappa shape index (κ2) is 9.26. The number of Topliss-reactive ketones (excluding diaryl/α,β-unsaturated/α-hetero) is 1. The first-order chi connectivity index (χ1) is 15.2. The zero-order valence-electron chi connectivity index (χ0n) is 17.9. The first-order valence-corrected chi connectivity index (χ1v) is 13.5. The van der Waals surface area contributed by atoms with Gasteiger partial charge in [-0.2, -0.15) is 0 Å². The van der Waals surface area contributed by atoms with E-state index in [0.717, 1.165) is 37.7 Å². The molecule has 4 unspecified atom stereocenters. The van der Waals surface area contributed by atoms with Crippen molar-refractivity contribution >= 4 is 28.0 Å². The van der Waals surface area contributed by atoms with Crippen LogP contribution in [-0.4, -0.2) is 23.9 Å². The van der Waals surface area contributed by atoms with Gasteiger partial charge in [0.1, 0.15) is 18.1 Å². The maximum absolute atomic E-state index is 12.5. The molecule has 0 amide bonds. The number of ketones is 1. The molecule has 3 aliphatic carbocycles. The fourth-order valence-electron chi connectivity index (χ4n) is 6.05. The number of benzene rings is 1. The normalized spacial score (nSPS) is 30.5. The Kier molecular flexibility index (Phi) is 6.78. The number of rotatable bonds is 6. The van der Waals surface area contributed by atoms with Crippen LogP contribution in [0.4, 0.5) is 4.79 Å². The summed E-state index contributed by atoms with van der Waals surface area (Å²) in [6.07, 6.45) is 4.14. The average Bonchev–Trinajstić information content (AvgIpc) is 3.05. The van der Waals surface area contributed by atoms with E-state index < -0.39 is 27.6 Å². The molecule has 2 fully saturated rings. The lowest BCUT2D eigenvalue weighted by Gasteiger charge is -2.48. The van der Waals surface area contributed by atoms with Gasteiger partial charge in [0, 0.05) is 11.8 Å². The van der Waals surface area contributed by atoms with Gasteiger partial charge in [0.05, 0.1) is 6.42 Å². The molecule has 10 heteroatoms. The van der Waals surface area contributed by atoms with E-state index in [4.69, 9.17) is 9.47 Å². The highest BCUT2D eigenvalue weighted by Crippen LogP contribution is 2.59. The Labute approximate surface area is 188 Å². The summed E-state index contributed by atoms with van der Waals surface area (Å²) in [7, 11) is -6.30. The average molecular weight is 480 g/mol. The molecule has 0 N–H and O–H groups in total. The molecule has 8 nitrogen and oxygen atoms in total. The quantitative estimate of drug-likeness (QED) is 0.343. The molecular formula is C22H26O8P2. The molecule has 172 valence electrons. The Morgan fingerprint density at radius 3 is 2.66 bits per heavy atom. The molecule has 0 saturated heterocycles. The summed E-state index contributed by atoms with van der Waals surface area (Å²) in [4.78, 5) is 46.2. The minimum Gasteiger partial charge on any atom is -0.592 e. The van der Waals surface area contributed by atoms with Gasteiger partial charge in [-0.25, -0.2) is 4.79 Å². The van der Waals surface area contributed by atoms with Gasteiger partial charge in [-0.1, -0.05) is 22.1 Å². The van der Waals surface area contributed by atoms with Gasteiger partial charge in [0.15, 0.2) is 0 Å². The molecule has 6 atom stereocenters. The summed E-state index contributed by atoms with van der Waals surface area (Å²) in [6.45, 7) is 1.78. The largest absolute Gasteiger partial charge is 0.592 e. The lowest BCUT2D eigenvalue weighted by molar-refractivity contribution is -0.174. The third kappa shape index (κ3) is 4.38. The summed E-state index contributed by atoms with van der Waals surface area (Å²) in [5.74, 6) is 2.14. The zero-order valence-corrected chi connectivity index (χ0v) is 19.6. The molecule has 0 radical (unpaired) electrons. The number of carbonyl (C=O) groups excluding carboxylic acids is 2. The van der Waals surface area contributed by atoms with Gasteiger partial charge in [-0.3, -0.25) is 4.79 Å². The Hall–Kier alpha value is -1.72. The Balaban J connectivity index is 1.37. The lowest BCUT2D eigenvalue weighted by atomic mass is 9.55. The van der Waals surface area contributed by atoms with Crippen molar-refractivity contribution in [2.75, 3.05) is 6.61 Å². The monoisotopic (exact) mass is 480 g/mol. The molecule has 32 heavy (non-hydrogen) atoms. The van der Waals surface area contributed by atoms with E-state index in [1.807, 2.05) is 12.1 Å². The molecule has 0 spiro atoms. The summed E-state index contributed by atoms with van der Waals surface area (Å²) in [5, 5.41) is -1.56. The van der Waals surface area contributed by atoms with E-state index in [9.17, 15) is 28.5 Å². The van der Waals surface area contributed by atoms with Crippen molar-refractivity contribution < 1.29 is 38.0 Å². The molecule has 2 saturated carbocycles. The molecule has 1 aromatic carbocycles. The minimum atomic E-state index is -3.15. The van der Waals surface area contributed by atoms with Crippen molar-refractivity contribution in [3.8, 4) is 5.75 Å². The molecule has 0 bridgehead atoms. The van der Waals surface area contributed by atoms with Gasteiger partial charge in [-0.15, -0.1) is 0 Å². The first kappa shape index (κ1) is 23.4.